The molecule has 0 bridgehead atoms. The van der Waals surface area contributed by atoms with E-state index in [1.54, 1.807) is 17.9 Å². The molecule has 1 aliphatic rings. The predicted molar refractivity (Wildman–Crippen MR) is 85.2 cm³/mol. The maximum atomic E-state index is 12.2. The van der Waals surface area contributed by atoms with Gasteiger partial charge in [-0.25, -0.2) is 4.79 Å². The van der Waals surface area contributed by atoms with E-state index in [2.05, 4.69) is 46.6 Å². The average molecular weight is 300 g/mol. The van der Waals surface area contributed by atoms with Gasteiger partial charge in [0.1, 0.15) is 5.76 Å². The Morgan fingerprint density at radius 2 is 1.82 bits per heavy atom. The third-order valence-electron chi connectivity index (χ3n) is 3.83. The van der Waals surface area contributed by atoms with Crippen molar-refractivity contribution in [2.24, 2.45) is 0 Å². The lowest BCUT2D eigenvalue weighted by molar-refractivity contribution is 0.208. The number of urea groups is 1. The molecule has 2 amide bonds. The van der Waals surface area contributed by atoms with Gasteiger partial charge in [0.05, 0.1) is 0 Å². The smallest absolute Gasteiger partial charge is 0.323 e. The molecule has 0 aliphatic carbocycles. The SMILES string of the molecule is Cc1ccc(N2CCN(C(=O)Nc3cc(C)on3)CC2)cc1. The number of carbonyl (C=O) groups is 1. The lowest BCUT2D eigenvalue weighted by atomic mass is 10.2. The normalized spacial score (nSPS) is 15.0. The Kier molecular flexibility index (Phi) is 4.00. The third-order valence-corrected chi connectivity index (χ3v) is 3.83. The first kappa shape index (κ1) is 14.4. The van der Waals surface area contributed by atoms with Crippen molar-refractivity contribution in [3.05, 3.63) is 41.7 Å². The summed E-state index contributed by atoms with van der Waals surface area (Å²) >= 11 is 0. The Bertz CT molecular complexity index is 642. The van der Waals surface area contributed by atoms with E-state index in [0.29, 0.717) is 24.7 Å². The zero-order valence-corrected chi connectivity index (χ0v) is 12.9. The van der Waals surface area contributed by atoms with Crippen LogP contribution in [0.1, 0.15) is 11.3 Å². The molecule has 0 atom stereocenters. The molecule has 2 aromatic rings. The van der Waals surface area contributed by atoms with Gasteiger partial charge in [0.15, 0.2) is 5.82 Å². The van der Waals surface area contributed by atoms with Crippen molar-refractivity contribution in [2.75, 3.05) is 36.4 Å². The fraction of sp³-hybridized carbons (Fsp3) is 0.375. The van der Waals surface area contributed by atoms with Crippen LogP contribution in [0.4, 0.5) is 16.3 Å². The summed E-state index contributed by atoms with van der Waals surface area (Å²) in [7, 11) is 0. The van der Waals surface area contributed by atoms with Gasteiger partial charge < -0.3 is 14.3 Å². The van der Waals surface area contributed by atoms with Gasteiger partial charge in [-0.3, -0.25) is 5.32 Å². The van der Waals surface area contributed by atoms with Gasteiger partial charge in [-0.2, -0.15) is 0 Å². The topological polar surface area (TPSA) is 61.6 Å². The highest BCUT2D eigenvalue weighted by molar-refractivity contribution is 5.88. The minimum atomic E-state index is -0.128. The van der Waals surface area contributed by atoms with Crippen LogP contribution in [0.3, 0.4) is 0 Å². The minimum absolute atomic E-state index is 0.128. The van der Waals surface area contributed by atoms with E-state index < -0.39 is 0 Å². The van der Waals surface area contributed by atoms with Crippen molar-refractivity contribution >= 4 is 17.5 Å². The second-order valence-electron chi connectivity index (χ2n) is 5.56. The molecule has 22 heavy (non-hydrogen) atoms. The number of hydrogen-bond acceptors (Lipinski definition) is 4. The van der Waals surface area contributed by atoms with E-state index in [1.807, 2.05) is 0 Å². The van der Waals surface area contributed by atoms with Crippen LogP contribution in [-0.4, -0.2) is 42.3 Å². The van der Waals surface area contributed by atoms with Gasteiger partial charge in [-0.15, -0.1) is 0 Å². The number of aryl methyl sites for hydroxylation is 2. The van der Waals surface area contributed by atoms with E-state index in [0.717, 1.165) is 13.1 Å². The van der Waals surface area contributed by atoms with E-state index in [9.17, 15) is 4.79 Å². The molecule has 1 aliphatic heterocycles. The van der Waals surface area contributed by atoms with Crippen LogP contribution in [0.5, 0.6) is 0 Å². The zero-order valence-electron chi connectivity index (χ0n) is 12.9. The lowest BCUT2D eigenvalue weighted by Gasteiger charge is -2.35. The number of nitrogens with zero attached hydrogens (tertiary/aromatic N) is 3. The molecule has 2 heterocycles. The molecule has 0 spiro atoms. The van der Waals surface area contributed by atoms with Gasteiger partial charge in [0, 0.05) is 37.9 Å². The molecule has 1 N–H and O–H groups in total. The summed E-state index contributed by atoms with van der Waals surface area (Å²) in [6.45, 7) is 6.91. The zero-order chi connectivity index (χ0) is 15.5. The van der Waals surface area contributed by atoms with E-state index in [-0.39, 0.29) is 6.03 Å². The summed E-state index contributed by atoms with van der Waals surface area (Å²) in [5.41, 5.74) is 2.46. The Morgan fingerprint density at radius 3 is 2.41 bits per heavy atom. The van der Waals surface area contributed by atoms with Crippen LogP contribution < -0.4 is 10.2 Å². The van der Waals surface area contributed by atoms with Gasteiger partial charge >= 0.3 is 6.03 Å². The van der Waals surface area contributed by atoms with Crippen molar-refractivity contribution in [1.29, 1.82) is 0 Å². The number of rotatable bonds is 2. The minimum Gasteiger partial charge on any atom is -0.368 e. The molecule has 0 unspecified atom stereocenters. The molecule has 0 saturated carbocycles. The first-order chi connectivity index (χ1) is 10.6. The van der Waals surface area contributed by atoms with Crippen LogP contribution in [0.2, 0.25) is 0 Å². The summed E-state index contributed by atoms with van der Waals surface area (Å²) in [5.74, 6) is 1.14. The number of hydrogen-bond donors (Lipinski definition) is 1. The fourth-order valence-electron chi connectivity index (χ4n) is 2.54. The second-order valence-corrected chi connectivity index (χ2v) is 5.56. The van der Waals surface area contributed by atoms with Crippen molar-refractivity contribution in [1.82, 2.24) is 10.1 Å². The third kappa shape index (κ3) is 3.21. The molecule has 0 radical (unpaired) electrons. The predicted octanol–water partition coefficient (Wildman–Crippen LogP) is 2.65. The molecule has 1 aromatic carbocycles. The molecule has 1 fully saturated rings. The number of benzene rings is 1. The number of carbonyl (C=O) groups excluding carboxylic acids is 1. The number of aromatic nitrogens is 1. The number of amides is 2. The van der Waals surface area contributed by atoms with Gasteiger partial charge in [0.25, 0.3) is 0 Å². The van der Waals surface area contributed by atoms with E-state index in [4.69, 9.17) is 4.52 Å². The largest absolute Gasteiger partial charge is 0.368 e. The molecule has 6 nitrogen and oxygen atoms in total. The summed E-state index contributed by atoms with van der Waals surface area (Å²) in [4.78, 5) is 16.3. The number of anilines is 2. The van der Waals surface area contributed by atoms with E-state index in [1.165, 1.54) is 11.3 Å². The van der Waals surface area contributed by atoms with Crippen molar-refractivity contribution in [2.45, 2.75) is 13.8 Å². The average Bonchev–Trinajstić information content (AvgIpc) is 2.93. The van der Waals surface area contributed by atoms with Crippen molar-refractivity contribution in [3.63, 3.8) is 0 Å². The van der Waals surface area contributed by atoms with Crippen LogP contribution in [0.15, 0.2) is 34.9 Å². The highest BCUT2D eigenvalue weighted by Crippen LogP contribution is 2.17. The standard InChI is InChI=1S/C16H20N4O2/c1-12-3-5-14(6-4-12)19-7-9-20(10-8-19)16(21)17-15-11-13(2)22-18-15/h3-6,11H,7-10H2,1-2H3,(H,17,18,21). The fourth-order valence-corrected chi connectivity index (χ4v) is 2.54. The Morgan fingerprint density at radius 1 is 1.14 bits per heavy atom. The highest BCUT2D eigenvalue weighted by Gasteiger charge is 2.21. The Balaban J connectivity index is 1.54. The monoisotopic (exact) mass is 300 g/mol. The molecular formula is C16H20N4O2. The highest BCUT2D eigenvalue weighted by atomic mass is 16.5. The summed E-state index contributed by atoms with van der Waals surface area (Å²) in [6, 6.07) is 10.1. The number of nitrogens with one attached hydrogen (secondary N) is 1. The lowest BCUT2D eigenvalue weighted by Crippen LogP contribution is -2.50. The van der Waals surface area contributed by atoms with Gasteiger partial charge in [0.2, 0.25) is 0 Å². The van der Waals surface area contributed by atoms with Crippen LogP contribution in [-0.2, 0) is 0 Å². The maximum absolute atomic E-state index is 12.2. The van der Waals surface area contributed by atoms with Crippen LogP contribution >= 0.6 is 0 Å². The quantitative estimate of drug-likeness (QED) is 0.926. The Labute approximate surface area is 129 Å². The molecule has 6 heteroatoms. The van der Waals surface area contributed by atoms with E-state index >= 15 is 0 Å². The molecule has 116 valence electrons. The first-order valence-corrected chi connectivity index (χ1v) is 7.43. The first-order valence-electron chi connectivity index (χ1n) is 7.43. The summed E-state index contributed by atoms with van der Waals surface area (Å²) < 4.78 is 4.95. The van der Waals surface area contributed by atoms with Crippen molar-refractivity contribution in [3.8, 4) is 0 Å². The molecule has 1 saturated heterocycles. The molecule has 1 aromatic heterocycles. The Hall–Kier alpha value is -2.50. The van der Waals surface area contributed by atoms with Crippen molar-refractivity contribution < 1.29 is 9.32 Å². The molecule has 3 rings (SSSR count). The van der Waals surface area contributed by atoms with Gasteiger partial charge in [-0.05, 0) is 26.0 Å². The second kappa shape index (κ2) is 6.09. The number of piperazine rings is 1. The molecular weight excluding hydrogens is 280 g/mol. The summed E-state index contributed by atoms with van der Waals surface area (Å²) in [6.07, 6.45) is 0. The van der Waals surface area contributed by atoms with Crippen LogP contribution in [0, 0.1) is 13.8 Å². The van der Waals surface area contributed by atoms with Gasteiger partial charge in [-0.1, -0.05) is 22.9 Å². The van der Waals surface area contributed by atoms with Crippen LogP contribution in [0.25, 0.3) is 0 Å². The maximum Gasteiger partial charge on any atom is 0.323 e. The summed E-state index contributed by atoms with van der Waals surface area (Å²) in [5, 5.41) is 6.54.